The minimum Gasteiger partial charge on any atom is -0.336 e. The summed E-state index contributed by atoms with van der Waals surface area (Å²) in [4.78, 5) is 19.4. The fraction of sp³-hybridized carbons (Fsp3) is 0.200. The molecule has 0 radical (unpaired) electrons. The highest BCUT2D eigenvalue weighted by molar-refractivity contribution is 7.89. The summed E-state index contributed by atoms with van der Waals surface area (Å²) >= 11 is 0. The maximum atomic E-state index is 13.5. The van der Waals surface area contributed by atoms with Gasteiger partial charge < -0.3 is 4.90 Å². The molecule has 1 fully saturated rings. The fourth-order valence-electron chi connectivity index (χ4n) is 4.23. The number of hydrogen-bond donors (Lipinski definition) is 0. The van der Waals surface area contributed by atoms with Crippen LogP contribution in [0.2, 0.25) is 0 Å². The van der Waals surface area contributed by atoms with Crippen LogP contribution in [0.5, 0.6) is 0 Å². The second kappa shape index (κ2) is 8.20. The minimum absolute atomic E-state index is 0.200. The summed E-state index contributed by atoms with van der Waals surface area (Å²) in [7, 11) is -3.66. The van der Waals surface area contributed by atoms with Gasteiger partial charge in [0.1, 0.15) is 5.82 Å². The fourth-order valence-corrected chi connectivity index (χ4v) is 5.69. The molecule has 2 heterocycles. The van der Waals surface area contributed by atoms with Crippen LogP contribution in [-0.2, 0) is 10.0 Å². The molecule has 6 nitrogen and oxygen atoms in total. The van der Waals surface area contributed by atoms with Gasteiger partial charge in [-0.15, -0.1) is 0 Å². The first kappa shape index (κ1) is 21.5. The first-order valence-corrected chi connectivity index (χ1v) is 12.1. The van der Waals surface area contributed by atoms with Gasteiger partial charge in [0.25, 0.3) is 5.91 Å². The number of pyridine rings is 1. The Bertz CT molecular complexity index is 1500. The molecule has 1 saturated heterocycles. The van der Waals surface area contributed by atoms with Crippen molar-refractivity contribution >= 4 is 37.6 Å². The summed E-state index contributed by atoms with van der Waals surface area (Å²) in [6.45, 7) is 2.72. The summed E-state index contributed by atoms with van der Waals surface area (Å²) in [6, 6.07) is 18.7. The molecule has 33 heavy (non-hydrogen) atoms. The number of carbonyl (C=O) groups is 1. The van der Waals surface area contributed by atoms with Crippen LogP contribution in [-0.4, -0.2) is 54.7 Å². The monoisotopic (exact) mass is 463 g/mol. The average molecular weight is 464 g/mol. The van der Waals surface area contributed by atoms with Gasteiger partial charge in [-0.3, -0.25) is 9.78 Å². The van der Waals surface area contributed by atoms with Gasteiger partial charge in [-0.25, -0.2) is 12.8 Å². The third-order valence-corrected chi connectivity index (χ3v) is 7.98. The summed E-state index contributed by atoms with van der Waals surface area (Å²) in [5.74, 6) is -0.578. The minimum atomic E-state index is -3.66. The molecule has 3 aromatic carbocycles. The first-order chi connectivity index (χ1) is 15.8. The number of sulfonamides is 1. The Morgan fingerprint density at radius 3 is 2.33 bits per heavy atom. The lowest BCUT2D eigenvalue weighted by Gasteiger charge is -2.34. The van der Waals surface area contributed by atoms with Gasteiger partial charge in [0.15, 0.2) is 0 Å². The molecule has 4 aromatic rings. The Morgan fingerprint density at radius 1 is 0.879 bits per heavy atom. The molecule has 0 N–H and O–H groups in total. The molecule has 0 aliphatic carbocycles. The number of hydrogen-bond acceptors (Lipinski definition) is 4. The number of nitrogens with zero attached hydrogens (tertiary/aromatic N) is 3. The molecule has 0 unspecified atom stereocenters. The molecular formula is C25H22FN3O3S. The van der Waals surface area contributed by atoms with Crippen LogP contribution < -0.4 is 0 Å². The number of halogens is 1. The smallest absolute Gasteiger partial charge is 0.255 e. The molecule has 1 aromatic heterocycles. The maximum absolute atomic E-state index is 13.5. The number of rotatable bonds is 3. The summed E-state index contributed by atoms with van der Waals surface area (Å²) in [5.41, 5.74) is 1.46. The van der Waals surface area contributed by atoms with Crippen LogP contribution in [0, 0.1) is 12.7 Å². The van der Waals surface area contributed by atoms with E-state index < -0.39 is 10.0 Å². The van der Waals surface area contributed by atoms with Crippen molar-refractivity contribution in [1.29, 1.82) is 0 Å². The zero-order valence-electron chi connectivity index (χ0n) is 18.0. The largest absolute Gasteiger partial charge is 0.336 e. The van der Waals surface area contributed by atoms with Crippen LogP contribution >= 0.6 is 0 Å². The van der Waals surface area contributed by atoms with E-state index >= 15 is 0 Å². The first-order valence-electron chi connectivity index (χ1n) is 10.7. The van der Waals surface area contributed by atoms with Crippen LogP contribution in [0.25, 0.3) is 21.7 Å². The topological polar surface area (TPSA) is 70.6 Å². The van der Waals surface area contributed by atoms with Gasteiger partial charge in [-0.05, 0) is 48.0 Å². The number of benzene rings is 3. The summed E-state index contributed by atoms with van der Waals surface area (Å²) in [6.07, 6.45) is 0. The molecule has 1 aliphatic rings. The van der Waals surface area contributed by atoms with Crippen molar-refractivity contribution in [2.75, 3.05) is 26.2 Å². The molecule has 0 spiro atoms. The Balaban J connectivity index is 1.34. The molecule has 1 amide bonds. The van der Waals surface area contributed by atoms with Gasteiger partial charge in [-0.1, -0.05) is 30.3 Å². The van der Waals surface area contributed by atoms with Crippen molar-refractivity contribution in [3.8, 4) is 0 Å². The maximum Gasteiger partial charge on any atom is 0.255 e. The van der Waals surface area contributed by atoms with E-state index in [4.69, 9.17) is 0 Å². The van der Waals surface area contributed by atoms with Crippen LogP contribution in [0.3, 0.4) is 0 Å². The Hall–Kier alpha value is -3.36. The molecule has 168 valence electrons. The lowest BCUT2D eigenvalue weighted by atomic mass is 10.1. The summed E-state index contributed by atoms with van der Waals surface area (Å²) < 4.78 is 41.3. The Morgan fingerprint density at radius 2 is 1.58 bits per heavy atom. The van der Waals surface area contributed by atoms with Gasteiger partial charge >= 0.3 is 0 Å². The van der Waals surface area contributed by atoms with Crippen molar-refractivity contribution in [1.82, 2.24) is 14.2 Å². The number of piperazine rings is 1. The summed E-state index contributed by atoms with van der Waals surface area (Å²) in [5, 5.41) is 2.53. The van der Waals surface area contributed by atoms with Gasteiger partial charge in [-0.2, -0.15) is 4.31 Å². The predicted octanol–water partition coefficient (Wildman–Crippen LogP) is 3.98. The highest BCUT2D eigenvalue weighted by Gasteiger charge is 2.31. The number of amides is 1. The zero-order valence-corrected chi connectivity index (χ0v) is 18.8. The van der Waals surface area contributed by atoms with E-state index in [1.165, 1.54) is 16.4 Å². The van der Waals surface area contributed by atoms with Crippen molar-refractivity contribution in [3.63, 3.8) is 0 Å². The van der Waals surface area contributed by atoms with E-state index in [1.54, 1.807) is 36.1 Å². The number of aryl methyl sites for hydroxylation is 1. The van der Waals surface area contributed by atoms with E-state index in [-0.39, 0.29) is 42.8 Å². The van der Waals surface area contributed by atoms with E-state index in [0.29, 0.717) is 22.2 Å². The second-order valence-corrected chi connectivity index (χ2v) is 10.1. The molecular weight excluding hydrogens is 441 g/mol. The van der Waals surface area contributed by atoms with E-state index in [0.717, 1.165) is 10.8 Å². The third-order valence-electron chi connectivity index (χ3n) is 6.09. The van der Waals surface area contributed by atoms with Crippen molar-refractivity contribution in [2.45, 2.75) is 11.8 Å². The number of fused-ring (bicyclic) bond motifs is 2. The Kier molecular flexibility index (Phi) is 5.34. The van der Waals surface area contributed by atoms with E-state index in [2.05, 4.69) is 4.98 Å². The quantitative estimate of drug-likeness (QED) is 0.461. The zero-order chi connectivity index (χ0) is 23.2. The van der Waals surface area contributed by atoms with Crippen molar-refractivity contribution in [2.24, 2.45) is 0 Å². The normalized spacial score (nSPS) is 15.3. The van der Waals surface area contributed by atoms with Gasteiger partial charge in [0.05, 0.1) is 21.7 Å². The Labute approximate surface area is 191 Å². The van der Waals surface area contributed by atoms with Crippen LogP contribution in [0.4, 0.5) is 4.39 Å². The van der Waals surface area contributed by atoms with Crippen molar-refractivity contribution in [3.05, 3.63) is 83.8 Å². The molecule has 8 heteroatoms. The second-order valence-electron chi connectivity index (χ2n) is 8.16. The highest BCUT2D eigenvalue weighted by atomic mass is 32.2. The van der Waals surface area contributed by atoms with Crippen LogP contribution in [0.1, 0.15) is 16.1 Å². The van der Waals surface area contributed by atoms with E-state index in [1.807, 2.05) is 30.3 Å². The van der Waals surface area contributed by atoms with Gasteiger partial charge in [0, 0.05) is 37.6 Å². The average Bonchev–Trinajstić information content (AvgIpc) is 2.83. The van der Waals surface area contributed by atoms with E-state index in [9.17, 15) is 17.6 Å². The lowest BCUT2D eigenvalue weighted by molar-refractivity contribution is 0.0697. The van der Waals surface area contributed by atoms with Crippen molar-refractivity contribution < 1.29 is 17.6 Å². The highest BCUT2D eigenvalue weighted by Crippen LogP contribution is 2.24. The predicted molar refractivity (Wildman–Crippen MR) is 125 cm³/mol. The third kappa shape index (κ3) is 3.96. The lowest BCUT2D eigenvalue weighted by Crippen LogP contribution is -2.50. The molecule has 1 aliphatic heterocycles. The SMILES string of the molecule is Cc1nc2cc(F)ccc2cc1C(=O)N1CCN(S(=O)(=O)c2ccc3ccccc3c2)CC1. The molecule has 5 rings (SSSR count). The molecule has 0 bridgehead atoms. The van der Waals surface area contributed by atoms with Crippen LogP contribution in [0.15, 0.2) is 71.6 Å². The molecule has 0 saturated carbocycles. The molecule has 0 atom stereocenters. The standard InChI is InChI=1S/C25H22FN3O3S/c1-17-23(15-20-6-8-21(26)16-24(20)27-17)25(30)28-10-12-29(13-11-28)33(31,32)22-9-7-18-4-2-3-5-19(18)14-22/h2-9,14-16H,10-13H2,1H3. The number of carbonyl (C=O) groups excluding carboxylic acids is 1. The number of aromatic nitrogens is 1. The van der Waals surface area contributed by atoms with Gasteiger partial charge in [0.2, 0.25) is 10.0 Å².